The van der Waals surface area contributed by atoms with Crippen LogP contribution in [0.3, 0.4) is 0 Å². The van der Waals surface area contributed by atoms with Crippen molar-refractivity contribution in [2.45, 2.75) is 55.0 Å². The number of anilines is 1. The van der Waals surface area contributed by atoms with Gasteiger partial charge in [-0.3, -0.25) is 4.79 Å². The highest BCUT2D eigenvalue weighted by Gasteiger charge is 2.37. The van der Waals surface area contributed by atoms with Crippen LogP contribution in [-0.2, 0) is 4.79 Å². The first kappa shape index (κ1) is 16.8. The summed E-state index contributed by atoms with van der Waals surface area (Å²) < 4.78 is 2.29. The van der Waals surface area contributed by atoms with Crippen molar-refractivity contribution < 1.29 is 4.79 Å². The van der Waals surface area contributed by atoms with Gasteiger partial charge in [0.05, 0.1) is 5.25 Å². The molecule has 1 atom stereocenters. The van der Waals surface area contributed by atoms with E-state index >= 15 is 0 Å². The lowest BCUT2D eigenvalue weighted by molar-refractivity contribution is -0.115. The lowest BCUT2D eigenvalue weighted by atomic mass is 10.1. The molecule has 0 spiro atoms. The van der Waals surface area contributed by atoms with Crippen LogP contribution >= 0.6 is 11.8 Å². The minimum absolute atomic E-state index is 0.00593. The Morgan fingerprint density at radius 3 is 2.63 bits per heavy atom. The van der Waals surface area contributed by atoms with Gasteiger partial charge in [0.1, 0.15) is 5.82 Å². The van der Waals surface area contributed by atoms with Gasteiger partial charge in [0.2, 0.25) is 5.91 Å². The number of carbonyl (C=O) groups excluding carboxylic acids is 1. The van der Waals surface area contributed by atoms with Gasteiger partial charge in [0, 0.05) is 17.6 Å². The van der Waals surface area contributed by atoms with E-state index in [4.69, 9.17) is 0 Å². The molecule has 2 saturated carbocycles. The van der Waals surface area contributed by atoms with Crippen LogP contribution in [0.25, 0.3) is 10.8 Å². The maximum Gasteiger partial charge on any atom is 0.237 e. The van der Waals surface area contributed by atoms with Crippen LogP contribution in [0.5, 0.6) is 0 Å². The number of rotatable bonds is 6. The normalized spacial score (nSPS) is 17.8. The number of carbonyl (C=O) groups is 1. The zero-order chi connectivity index (χ0) is 18.4. The third kappa shape index (κ3) is 3.46. The summed E-state index contributed by atoms with van der Waals surface area (Å²) in [4.78, 5) is 12.7. The second kappa shape index (κ2) is 6.68. The van der Waals surface area contributed by atoms with E-state index in [1.807, 2.05) is 37.3 Å². The maximum absolute atomic E-state index is 12.7. The fourth-order valence-electron chi connectivity index (χ4n) is 3.39. The topological polar surface area (TPSA) is 59.8 Å². The lowest BCUT2D eigenvalue weighted by Gasteiger charge is -2.13. The maximum atomic E-state index is 12.7. The van der Waals surface area contributed by atoms with Gasteiger partial charge in [-0.25, -0.2) is 0 Å². The Balaban J connectivity index is 1.30. The molecule has 3 aromatic rings. The molecule has 27 heavy (non-hydrogen) atoms. The quantitative estimate of drug-likeness (QED) is 0.628. The molecular weight excluding hydrogens is 356 g/mol. The van der Waals surface area contributed by atoms with Crippen molar-refractivity contribution in [3.8, 4) is 0 Å². The number of hydrogen-bond acceptors (Lipinski definition) is 4. The predicted octanol–water partition coefficient (Wildman–Crippen LogP) is 4.76. The van der Waals surface area contributed by atoms with E-state index in [9.17, 15) is 4.79 Å². The standard InChI is InChI=1S/C21H22N4OS/c1-13(20(26)22-17-9-8-14-4-2-3-5-16(14)12-17)27-21-24-23-19(15-6-7-15)25(21)18-10-11-18/h2-5,8-9,12-13,15,18H,6-7,10-11H2,1H3,(H,22,26)/t13-/m0/s1. The van der Waals surface area contributed by atoms with Crippen molar-refractivity contribution in [3.63, 3.8) is 0 Å². The van der Waals surface area contributed by atoms with Gasteiger partial charge in [0.15, 0.2) is 5.16 Å². The molecular formula is C21H22N4OS. The van der Waals surface area contributed by atoms with Crippen molar-refractivity contribution in [3.05, 3.63) is 48.3 Å². The van der Waals surface area contributed by atoms with Crippen molar-refractivity contribution in [2.75, 3.05) is 5.32 Å². The first-order valence-corrected chi connectivity index (χ1v) is 10.5. The molecule has 1 N–H and O–H groups in total. The fourth-order valence-corrected chi connectivity index (χ4v) is 4.31. The summed E-state index contributed by atoms with van der Waals surface area (Å²) >= 11 is 1.51. The van der Waals surface area contributed by atoms with Crippen LogP contribution in [0.1, 0.15) is 50.4 Å². The minimum Gasteiger partial charge on any atom is -0.325 e. The number of fused-ring (bicyclic) bond motifs is 1. The summed E-state index contributed by atoms with van der Waals surface area (Å²) in [6, 6.07) is 14.7. The second-order valence-electron chi connectivity index (χ2n) is 7.53. The third-order valence-electron chi connectivity index (χ3n) is 5.21. The van der Waals surface area contributed by atoms with Crippen LogP contribution in [-0.4, -0.2) is 25.9 Å². The first-order valence-electron chi connectivity index (χ1n) is 9.60. The zero-order valence-corrected chi connectivity index (χ0v) is 16.1. The first-order chi connectivity index (χ1) is 13.2. The molecule has 0 saturated heterocycles. The molecule has 1 heterocycles. The number of aromatic nitrogens is 3. The van der Waals surface area contributed by atoms with Crippen LogP contribution < -0.4 is 5.32 Å². The molecule has 2 aliphatic carbocycles. The highest BCUT2D eigenvalue weighted by atomic mass is 32.2. The monoisotopic (exact) mass is 378 g/mol. The number of nitrogens with zero attached hydrogens (tertiary/aromatic N) is 3. The van der Waals surface area contributed by atoms with Crippen molar-refractivity contribution in [1.29, 1.82) is 0 Å². The average Bonchev–Trinajstić information content (AvgIpc) is 3.60. The third-order valence-corrected chi connectivity index (χ3v) is 6.27. The van der Waals surface area contributed by atoms with Gasteiger partial charge < -0.3 is 9.88 Å². The van der Waals surface area contributed by atoms with Crippen LogP contribution in [0, 0.1) is 0 Å². The van der Waals surface area contributed by atoms with E-state index in [2.05, 4.69) is 32.2 Å². The van der Waals surface area contributed by atoms with E-state index in [-0.39, 0.29) is 11.2 Å². The van der Waals surface area contributed by atoms with Gasteiger partial charge in [-0.2, -0.15) is 0 Å². The zero-order valence-electron chi connectivity index (χ0n) is 15.3. The Labute approximate surface area is 162 Å². The highest BCUT2D eigenvalue weighted by molar-refractivity contribution is 8.00. The van der Waals surface area contributed by atoms with E-state index in [0.717, 1.165) is 22.1 Å². The molecule has 0 bridgehead atoms. The van der Waals surface area contributed by atoms with Gasteiger partial charge >= 0.3 is 0 Å². The summed E-state index contributed by atoms with van der Waals surface area (Å²) in [6.07, 6.45) is 4.83. The van der Waals surface area contributed by atoms with Gasteiger partial charge in [0.25, 0.3) is 0 Å². The lowest BCUT2D eigenvalue weighted by Crippen LogP contribution is -2.23. The molecule has 138 valence electrons. The summed E-state index contributed by atoms with van der Waals surface area (Å²) in [7, 11) is 0. The molecule has 2 aromatic carbocycles. The van der Waals surface area contributed by atoms with Gasteiger partial charge in [-0.15, -0.1) is 10.2 Å². The van der Waals surface area contributed by atoms with E-state index < -0.39 is 0 Å². The Bertz CT molecular complexity index is 1010. The molecule has 1 aromatic heterocycles. The number of benzene rings is 2. The Kier molecular flexibility index (Phi) is 4.16. The molecule has 5 rings (SSSR count). The molecule has 0 aliphatic heterocycles. The molecule has 2 fully saturated rings. The summed E-state index contributed by atoms with van der Waals surface area (Å²) in [5.41, 5.74) is 0.827. The highest BCUT2D eigenvalue weighted by Crippen LogP contribution is 2.46. The number of amides is 1. The molecule has 6 heteroatoms. The molecule has 0 unspecified atom stereocenters. The van der Waals surface area contributed by atoms with E-state index in [0.29, 0.717) is 12.0 Å². The number of thioether (sulfide) groups is 1. The Hall–Kier alpha value is -2.34. The van der Waals surface area contributed by atoms with Crippen LogP contribution in [0.2, 0.25) is 0 Å². The molecule has 1 amide bonds. The SMILES string of the molecule is C[C@H](Sc1nnc(C2CC2)n1C1CC1)C(=O)Nc1ccc2ccccc2c1. The van der Waals surface area contributed by atoms with Crippen LogP contribution in [0.15, 0.2) is 47.6 Å². The summed E-state index contributed by atoms with van der Waals surface area (Å²) in [5.74, 6) is 1.70. The summed E-state index contributed by atoms with van der Waals surface area (Å²) in [5, 5.41) is 14.8. The second-order valence-corrected chi connectivity index (χ2v) is 8.84. The fraction of sp³-hybridized carbons (Fsp3) is 0.381. The van der Waals surface area contributed by atoms with E-state index in [1.165, 1.54) is 42.8 Å². The van der Waals surface area contributed by atoms with Crippen LogP contribution in [0.4, 0.5) is 5.69 Å². The van der Waals surface area contributed by atoms with Crippen molar-refractivity contribution in [2.24, 2.45) is 0 Å². The predicted molar refractivity (Wildman–Crippen MR) is 108 cm³/mol. The number of nitrogens with one attached hydrogen (secondary N) is 1. The van der Waals surface area contributed by atoms with Crippen molar-refractivity contribution in [1.82, 2.24) is 14.8 Å². The Morgan fingerprint density at radius 1 is 1.11 bits per heavy atom. The molecule has 5 nitrogen and oxygen atoms in total. The van der Waals surface area contributed by atoms with Gasteiger partial charge in [-0.1, -0.05) is 42.1 Å². The minimum atomic E-state index is -0.231. The smallest absolute Gasteiger partial charge is 0.237 e. The van der Waals surface area contributed by atoms with Gasteiger partial charge in [-0.05, 0) is 55.5 Å². The summed E-state index contributed by atoms with van der Waals surface area (Å²) in [6.45, 7) is 1.93. The Morgan fingerprint density at radius 2 is 1.89 bits per heavy atom. The van der Waals surface area contributed by atoms with E-state index in [1.54, 1.807) is 0 Å². The largest absolute Gasteiger partial charge is 0.325 e. The average molecular weight is 379 g/mol. The number of hydrogen-bond donors (Lipinski definition) is 1. The molecule has 0 radical (unpaired) electrons. The van der Waals surface area contributed by atoms with Crippen molar-refractivity contribution >= 4 is 34.1 Å². The molecule has 2 aliphatic rings.